The smallest absolute Gasteiger partial charge is 0.417 e. The number of hydrogen-bond donors (Lipinski definition) is 0. The number of hydrogen-bond acceptors (Lipinski definition) is 6. The quantitative estimate of drug-likeness (QED) is 0.127. The first kappa shape index (κ1) is 36.6. The Morgan fingerprint density at radius 1 is 1.02 bits per heavy atom. The summed E-state index contributed by atoms with van der Waals surface area (Å²) < 4.78 is 109. The molecule has 0 spiro atoms. The van der Waals surface area contributed by atoms with Crippen LogP contribution in [0.3, 0.4) is 0 Å². The van der Waals surface area contributed by atoms with E-state index in [1.165, 1.54) is 17.0 Å². The van der Waals surface area contributed by atoms with Gasteiger partial charge in [-0.1, -0.05) is 13.0 Å². The van der Waals surface area contributed by atoms with Gasteiger partial charge in [-0.25, -0.2) is 4.39 Å². The summed E-state index contributed by atoms with van der Waals surface area (Å²) in [6.45, 7) is 1.68. The Hall–Kier alpha value is -4.69. The van der Waals surface area contributed by atoms with Gasteiger partial charge in [0.1, 0.15) is 23.6 Å². The topological polar surface area (TPSA) is 89.0 Å². The van der Waals surface area contributed by atoms with E-state index in [1.54, 1.807) is 13.0 Å². The first-order valence-electron chi connectivity index (χ1n) is 16.0. The van der Waals surface area contributed by atoms with Crippen LogP contribution in [0.25, 0.3) is 0 Å². The number of aromatic nitrogens is 1. The second kappa shape index (κ2) is 14.7. The van der Waals surface area contributed by atoms with Crippen LogP contribution in [0, 0.1) is 5.82 Å². The fraction of sp³-hybridized carbons (Fsp3) is 0.429. The van der Waals surface area contributed by atoms with Crippen molar-refractivity contribution in [3.05, 3.63) is 89.0 Å². The van der Waals surface area contributed by atoms with Gasteiger partial charge in [-0.3, -0.25) is 14.6 Å². The van der Waals surface area contributed by atoms with Crippen LogP contribution in [-0.2, 0) is 21.9 Å². The molecule has 0 N–H and O–H groups in total. The van der Waals surface area contributed by atoms with Gasteiger partial charge in [0.15, 0.2) is 0 Å². The third kappa shape index (κ3) is 7.41. The maximum Gasteiger partial charge on any atom is 0.417 e. The third-order valence-electron chi connectivity index (χ3n) is 9.10. The van der Waals surface area contributed by atoms with Gasteiger partial charge in [0.25, 0.3) is 11.8 Å². The third-order valence-corrected chi connectivity index (χ3v) is 9.10. The average Bonchev–Trinajstić information content (AvgIpc) is 3.57. The van der Waals surface area contributed by atoms with Crippen molar-refractivity contribution < 1.29 is 54.6 Å². The highest BCUT2D eigenvalue weighted by Crippen LogP contribution is 2.42. The highest BCUT2D eigenvalue weighted by atomic mass is 19.4. The summed E-state index contributed by atoms with van der Waals surface area (Å²) in [6, 6.07) is 7.41. The van der Waals surface area contributed by atoms with Crippen molar-refractivity contribution >= 4 is 18.1 Å². The molecule has 268 valence electrons. The molecule has 2 unspecified atom stereocenters. The second-order valence-corrected chi connectivity index (χ2v) is 12.2. The minimum absolute atomic E-state index is 0.00836. The summed E-state index contributed by atoms with van der Waals surface area (Å²) in [6.07, 6.45) is -6.69. The van der Waals surface area contributed by atoms with Gasteiger partial charge in [-0.2, -0.15) is 26.3 Å². The Morgan fingerprint density at radius 3 is 2.42 bits per heavy atom. The van der Waals surface area contributed by atoms with Crippen LogP contribution in [0.2, 0.25) is 0 Å². The average molecular weight is 710 g/mol. The molecular weight excluding hydrogens is 675 g/mol. The number of ether oxygens (including phenoxy) is 2. The van der Waals surface area contributed by atoms with Crippen molar-refractivity contribution in [1.29, 1.82) is 0 Å². The molecule has 0 bridgehead atoms. The van der Waals surface area contributed by atoms with E-state index in [2.05, 4.69) is 4.98 Å². The molecule has 2 aliphatic rings. The molecule has 50 heavy (non-hydrogen) atoms. The van der Waals surface area contributed by atoms with Gasteiger partial charge in [-0.05, 0) is 61.7 Å². The zero-order valence-corrected chi connectivity index (χ0v) is 26.9. The summed E-state index contributed by atoms with van der Waals surface area (Å²) in [4.78, 5) is 45.7. The molecule has 3 aromatic rings. The van der Waals surface area contributed by atoms with Gasteiger partial charge in [0.05, 0.1) is 29.3 Å². The Morgan fingerprint density at radius 2 is 1.76 bits per heavy atom. The van der Waals surface area contributed by atoms with Crippen molar-refractivity contribution in [1.82, 2.24) is 14.8 Å². The molecule has 8 nitrogen and oxygen atoms in total. The number of pyridine rings is 1. The molecule has 2 amide bonds. The van der Waals surface area contributed by atoms with Crippen LogP contribution < -0.4 is 9.47 Å². The molecule has 2 aliphatic heterocycles. The molecule has 0 radical (unpaired) electrons. The standard InChI is InChI=1S/C35H34F7N3O5/c1-2-29-33(50-24-10-8-23(9-11-24)34(37,38)39,14-4-16-45(29)31(47)25-20-43-15-12-26(25)35(40,41)42)32(48)44-17-13-22(21-44)30-27(36)6-3-7-28(30)49-19-5-18-46/h3,6-12,15,18,20,22,29H,2,4-5,13-14,16-17,19,21H2,1H3/t22?,29?,33-/m0/s1. The Kier molecular flexibility index (Phi) is 10.7. The number of likely N-dealkylation sites (tertiary alicyclic amines) is 2. The molecule has 3 atom stereocenters. The van der Waals surface area contributed by atoms with Crippen molar-refractivity contribution in [3.63, 3.8) is 0 Å². The number of carbonyl (C=O) groups is 3. The molecular formula is C35H34F7N3O5. The molecule has 5 rings (SSSR count). The van der Waals surface area contributed by atoms with Gasteiger partial charge in [0, 0.05) is 56.4 Å². The number of carbonyl (C=O) groups excluding carboxylic acids is 3. The Bertz CT molecular complexity index is 1700. The molecule has 0 aliphatic carbocycles. The lowest BCUT2D eigenvalue weighted by Gasteiger charge is -2.49. The Balaban J connectivity index is 1.53. The van der Waals surface area contributed by atoms with Gasteiger partial charge in [-0.15, -0.1) is 0 Å². The second-order valence-electron chi connectivity index (χ2n) is 12.2. The first-order valence-corrected chi connectivity index (χ1v) is 16.0. The fourth-order valence-corrected chi connectivity index (χ4v) is 6.88. The van der Waals surface area contributed by atoms with Crippen LogP contribution in [0.15, 0.2) is 60.9 Å². The normalized spacial score (nSPS) is 21.2. The predicted molar refractivity (Wildman–Crippen MR) is 165 cm³/mol. The number of rotatable bonds is 10. The molecule has 2 aromatic carbocycles. The zero-order valence-electron chi connectivity index (χ0n) is 26.9. The summed E-state index contributed by atoms with van der Waals surface area (Å²) in [5, 5.41) is 0. The first-order chi connectivity index (χ1) is 23.7. The van der Waals surface area contributed by atoms with Crippen LogP contribution in [0.1, 0.15) is 72.0 Å². The Labute approximate surface area is 283 Å². The van der Waals surface area contributed by atoms with Crippen molar-refractivity contribution in [3.8, 4) is 11.5 Å². The number of benzene rings is 2. The van der Waals surface area contributed by atoms with E-state index < -0.39 is 64.2 Å². The highest BCUT2D eigenvalue weighted by molar-refractivity contribution is 5.97. The lowest BCUT2D eigenvalue weighted by molar-refractivity contribution is -0.158. The maximum atomic E-state index is 15.2. The number of alkyl halides is 6. The lowest BCUT2D eigenvalue weighted by Crippen LogP contribution is -2.67. The number of amides is 2. The fourth-order valence-electron chi connectivity index (χ4n) is 6.88. The maximum absolute atomic E-state index is 15.2. The van der Waals surface area contributed by atoms with Crippen LogP contribution in [0.5, 0.6) is 11.5 Å². The summed E-state index contributed by atoms with van der Waals surface area (Å²) >= 11 is 0. The van der Waals surface area contributed by atoms with E-state index in [0.717, 1.165) is 41.6 Å². The van der Waals surface area contributed by atoms with Crippen LogP contribution >= 0.6 is 0 Å². The SMILES string of the molecule is CCC1N(C(=O)c2cnccc2C(F)(F)F)CCC[C@@]1(Oc1ccc(C(F)(F)F)cc1)C(=O)N1CCC(c2c(F)cccc2OCCC=O)C1. The monoisotopic (exact) mass is 709 g/mol. The molecule has 2 fully saturated rings. The number of halogens is 7. The van der Waals surface area contributed by atoms with Gasteiger partial charge in [0.2, 0.25) is 5.60 Å². The molecule has 0 saturated carbocycles. The summed E-state index contributed by atoms with van der Waals surface area (Å²) in [7, 11) is 0. The molecule has 1 aromatic heterocycles. The molecule has 2 saturated heterocycles. The lowest BCUT2D eigenvalue weighted by atomic mass is 9.80. The largest absolute Gasteiger partial charge is 0.493 e. The minimum Gasteiger partial charge on any atom is -0.493 e. The number of nitrogens with zero attached hydrogens (tertiary/aromatic N) is 3. The summed E-state index contributed by atoms with van der Waals surface area (Å²) in [5.74, 6) is -2.73. The predicted octanol–water partition coefficient (Wildman–Crippen LogP) is 7.07. The molecule has 3 heterocycles. The van der Waals surface area contributed by atoms with E-state index in [4.69, 9.17) is 9.47 Å². The highest BCUT2D eigenvalue weighted by Gasteiger charge is 2.56. The van der Waals surface area contributed by atoms with Crippen molar-refractivity contribution in [2.45, 2.75) is 68.9 Å². The van der Waals surface area contributed by atoms with Crippen molar-refractivity contribution in [2.75, 3.05) is 26.2 Å². The van der Waals surface area contributed by atoms with E-state index >= 15 is 4.39 Å². The van der Waals surface area contributed by atoms with Crippen LogP contribution in [0.4, 0.5) is 30.7 Å². The van der Waals surface area contributed by atoms with Crippen LogP contribution in [-0.4, -0.2) is 70.8 Å². The van der Waals surface area contributed by atoms with Gasteiger partial charge >= 0.3 is 12.4 Å². The number of piperidine rings is 1. The van der Waals surface area contributed by atoms with E-state index in [-0.39, 0.29) is 75.4 Å². The minimum atomic E-state index is -4.89. The number of aldehydes is 1. The molecule has 15 heteroatoms. The van der Waals surface area contributed by atoms with E-state index in [9.17, 15) is 40.7 Å². The van der Waals surface area contributed by atoms with E-state index in [1.807, 2.05) is 0 Å². The summed E-state index contributed by atoms with van der Waals surface area (Å²) in [5.41, 5.74) is -4.63. The van der Waals surface area contributed by atoms with Crippen molar-refractivity contribution in [2.24, 2.45) is 0 Å². The van der Waals surface area contributed by atoms with Gasteiger partial charge < -0.3 is 24.1 Å². The van der Waals surface area contributed by atoms with E-state index in [0.29, 0.717) is 12.4 Å². The zero-order chi connectivity index (χ0) is 36.3.